The number of thioether (sulfide) groups is 1. The number of hydrogen-bond donors (Lipinski definition) is 3. The van der Waals surface area contributed by atoms with Gasteiger partial charge in [0, 0.05) is 19.2 Å². The summed E-state index contributed by atoms with van der Waals surface area (Å²) >= 11 is 7.63. The Labute approximate surface area is 183 Å². The van der Waals surface area contributed by atoms with Gasteiger partial charge < -0.3 is 16.0 Å². The van der Waals surface area contributed by atoms with Crippen molar-refractivity contribution in [3.05, 3.63) is 69.2 Å². The van der Waals surface area contributed by atoms with Crippen molar-refractivity contribution in [3.8, 4) is 0 Å². The maximum absolute atomic E-state index is 12.6. The molecule has 0 saturated heterocycles. The van der Waals surface area contributed by atoms with Gasteiger partial charge in [-0.05, 0) is 36.6 Å². The molecule has 0 saturated carbocycles. The van der Waals surface area contributed by atoms with Gasteiger partial charge in [-0.15, -0.1) is 0 Å². The van der Waals surface area contributed by atoms with Crippen LogP contribution < -0.4 is 16.0 Å². The van der Waals surface area contributed by atoms with Crippen LogP contribution in [0.25, 0.3) is 0 Å². The van der Waals surface area contributed by atoms with E-state index in [0.717, 1.165) is 0 Å². The normalized spacial score (nSPS) is 11.4. The highest BCUT2D eigenvalue weighted by Gasteiger charge is 2.22. The molecule has 0 aromatic heterocycles. The molecular weight excluding hydrogens is 428 g/mol. The van der Waals surface area contributed by atoms with Crippen LogP contribution in [0.4, 0.5) is 11.4 Å². The largest absolute Gasteiger partial charge is 0.378 e. The molecular formula is C20H23ClN4O4S. The van der Waals surface area contributed by atoms with Crippen molar-refractivity contribution in [1.82, 2.24) is 10.6 Å². The summed E-state index contributed by atoms with van der Waals surface area (Å²) in [5, 5.41) is 19.8. The SMILES string of the molecule is CSCCC(NC(=O)c1ccccc1Cl)C(=O)NCCNc1ccccc1[N+](=O)[O-]. The lowest BCUT2D eigenvalue weighted by atomic mass is 10.1. The van der Waals surface area contributed by atoms with Crippen LogP contribution in [0.5, 0.6) is 0 Å². The van der Waals surface area contributed by atoms with Gasteiger partial charge in [0.15, 0.2) is 0 Å². The molecule has 10 heteroatoms. The second-order valence-electron chi connectivity index (χ2n) is 6.28. The lowest BCUT2D eigenvalue weighted by Crippen LogP contribution is -2.48. The number of nitrogens with zero attached hydrogens (tertiary/aromatic N) is 1. The summed E-state index contributed by atoms with van der Waals surface area (Å²) in [4.78, 5) is 35.7. The molecule has 0 spiro atoms. The summed E-state index contributed by atoms with van der Waals surface area (Å²) in [7, 11) is 0. The number of benzene rings is 2. The van der Waals surface area contributed by atoms with Crippen molar-refractivity contribution < 1.29 is 14.5 Å². The van der Waals surface area contributed by atoms with Crippen LogP contribution in [0.1, 0.15) is 16.8 Å². The monoisotopic (exact) mass is 450 g/mol. The van der Waals surface area contributed by atoms with Gasteiger partial charge in [-0.2, -0.15) is 11.8 Å². The van der Waals surface area contributed by atoms with Crippen LogP contribution in [0, 0.1) is 10.1 Å². The predicted molar refractivity (Wildman–Crippen MR) is 120 cm³/mol. The zero-order chi connectivity index (χ0) is 21.9. The number of carbonyl (C=O) groups excluding carboxylic acids is 2. The summed E-state index contributed by atoms with van der Waals surface area (Å²) in [5.41, 5.74) is 0.649. The maximum atomic E-state index is 12.6. The van der Waals surface area contributed by atoms with Gasteiger partial charge in [-0.3, -0.25) is 19.7 Å². The number of anilines is 1. The first-order valence-electron chi connectivity index (χ1n) is 9.23. The molecule has 0 fully saturated rings. The number of amides is 2. The number of nitro benzene ring substituents is 1. The first-order valence-corrected chi connectivity index (χ1v) is 11.0. The Bertz CT molecular complexity index is 897. The Morgan fingerprint density at radius 2 is 1.83 bits per heavy atom. The molecule has 0 aliphatic carbocycles. The zero-order valence-corrected chi connectivity index (χ0v) is 18.0. The van der Waals surface area contributed by atoms with Crippen LogP contribution in [0.3, 0.4) is 0 Å². The van der Waals surface area contributed by atoms with E-state index in [4.69, 9.17) is 11.6 Å². The average molecular weight is 451 g/mol. The molecule has 2 aromatic rings. The van der Waals surface area contributed by atoms with E-state index in [9.17, 15) is 19.7 Å². The standard InChI is InChI=1S/C20H23ClN4O4S/c1-30-13-10-17(24-19(26)14-6-2-3-7-15(14)21)20(27)23-12-11-22-16-8-4-5-9-18(16)25(28)29/h2-9,17,22H,10-13H2,1H3,(H,23,27)(H,24,26). The highest BCUT2D eigenvalue weighted by molar-refractivity contribution is 7.98. The summed E-state index contributed by atoms with van der Waals surface area (Å²) < 4.78 is 0. The van der Waals surface area contributed by atoms with Gasteiger partial charge in [-0.25, -0.2) is 0 Å². The first kappa shape index (κ1) is 23.5. The third-order valence-corrected chi connectivity index (χ3v) is 5.16. The molecule has 1 atom stereocenters. The van der Waals surface area contributed by atoms with E-state index >= 15 is 0 Å². The van der Waals surface area contributed by atoms with Crippen LogP contribution >= 0.6 is 23.4 Å². The van der Waals surface area contributed by atoms with Crippen molar-refractivity contribution in [1.29, 1.82) is 0 Å². The molecule has 30 heavy (non-hydrogen) atoms. The molecule has 2 aromatic carbocycles. The smallest absolute Gasteiger partial charge is 0.292 e. The minimum Gasteiger partial charge on any atom is -0.378 e. The van der Waals surface area contributed by atoms with Crippen LogP contribution in [0.2, 0.25) is 5.02 Å². The van der Waals surface area contributed by atoms with Crippen molar-refractivity contribution >= 4 is 46.6 Å². The fourth-order valence-corrected chi connectivity index (χ4v) is 3.37. The van der Waals surface area contributed by atoms with Gasteiger partial charge in [0.25, 0.3) is 11.6 Å². The minimum absolute atomic E-state index is 0.0336. The first-order chi connectivity index (χ1) is 14.4. The average Bonchev–Trinajstić information content (AvgIpc) is 2.74. The molecule has 8 nitrogen and oxygen atoms in total. The number of nitro groups is 1. The molecule has 0 bridgehead atoms. The predicted octanol–water partition coefficient (Wildman–Crippen LogP) is 3.33. The van der Waals surface area contributed by atoms with Crippen molar-refractivity contribution in [2.24, 2.45) is 0 Å². The van der Waals surface area contributed by atoms with E-state index in [1.807, 2.05) is 6.26 Å². The topological polar surface area (TPSA) is 113 Å². The van der Waals surface area contributed by atoms with Gasteiger partial charge >= 0.3 is 0 Å². The quantitative estimate of drug-likeness (QED) is 0.275. The van der Waals surface area contributed by atoms with Gasteiger partial charge in [0.2, 0.25) is 5.91 Å². The fourth-order valence-electron chi connectivity index (χ4n) is 2.67. The van der Waals surface area contributed by atoms with E-state index in [-0.39, 0.29) is 18.1 Å². The van der Waals surface area contributed by atoms with E-state index < -0.39 is 16.9 Å². The Morgan fingerprint density at radius 3 is 2.53 bits per heavy atom. The second kappa shape index (κ2) is 12.0. The maximum Gasteiger partial charge on any atom is 0.292 e. The summed E-state index contributed by atoms with van der Waals surface area (Å²) in [5.74, 6) is -0.0521. The van der Waals surface area contributed by atoms with Crippen molar-refractivity contribution in [3.63, 3.8) is 0 Å². The minimum atomic E-state index is -0.715. The van der Waals surface area contributed by atoms with Crippen molar-refractivity contribution in [2.45, 2.75) is 12.5 Å². The van der Waals surface area contributed by atoms with Crippen molar-refractivity contribution in [2.75, 3.05) is 30.4 Å². The van der Waals surface area contributed by atoms with Gasteiger partial charge in [0.05, 0.1) is 15.5 Å². The van der Waals surface area contributed by atoms with Gasteiger partial charge in [0.1, 0.15) is 11.7 Å². The fraction of sp³-hybridized carbons (Fsp3) is 0.300. The number of rotatable bonds is 11. The Kier molecular flexibility index (Phi) is 9.43. The van der Waals surface area contributed by atoms with Crippen LogP contribution in [-0.4, -0.2) is 47.9 Å². The molecule has 3 N–H and O–H groups in total. The molecule has 2 rings (SSSR count). The lowest BCUT2D eigenvalue weighted by Gasteiger charge is -2.19. The number of hydrogen-bond acceptors (Lipinski definition) is 6. The molecule has 2 amide bonds. The Hall–Kier alpha value is -2.78. The Morgan fingerprint density at radius 1 is 1.13 bits per heavy atom. The molecule has 0 aliphatic heterocycles. The summed E-state index contributed by atoms with van der Waals surface area (Å²) in [6.07, 6.45) is 2.38. The Balaban J connectivity index is 1.91. The van der Waals surface area contributed by atoms with E-state index in [1.54, 1.807) is 54.2 Å². The summed E-state index contributed by atoms with van der Waals surface area (Å²) in [6, 6.07) is 12.2. The number of nitrogens with one attached hydrogen (secondary N) is 3. The van der Waals surface area contributed by atoms with Gasteiger partial charge in [-0.1, -0.05) is 35.9 Å². The number of halogens is 1. The molecule has 0 heterocycles. The van der Waals surface area contributed by atoms with E-state index in [0.29, 0.717) is 35.0 Å². The third-order valence-electron chi connectivity index (χ3n) is 4.19. The molecule has 0 radical (unpaired) electrons. The molecule has 160 valence electrons. The van der Waals surface area contributed by atoms with E-state index in [2.05, 4.69) is 16.0 Å². The second-order valence-corrected chi connectivity index (χ2v) is 7.67. The lowest BCUT2D eigenvalue weighted by molar-refractivity contribution is -0.384. The zero-order valence-electron chi connectivity index (χ0n) is 16.4. The number of para-hydroxylation sites is 2. The highest BCUT2D eigenvalue weighted by atomic mass is 35.5. The number of carbonyl (C=O) groups is 2. The highest BCUT2D eigenvalue weighted by Crippen LogP contribution is 2.22. The van der Waals surface area contributed by atoms with Crippen LogP contribution in [-0.2, 0) is 4.79 Å². The van der Waals surface area contributed by atoms with Crippen LogP contribution in [0.15, 0.2) is 48.5 Å². The summed E-state index contributed by atoms with van der Waals surface area (Å²) in [6.45, 7) is 0.535. The third kappa shape index (κ3) is 6.93. The van der Waals surface area contributed by atoms with E-state index in [1.165, 1.54) is 6.07 Å². The molecule has 1 unspecified atom stereocenters. The molecule has 0 aliphatic rings.